The second-order valence-electron chi connectivity index (χ2n) is 4.75. The van der Waals surface area contributed by atoms with Crippen LogP contribution in [-0.4, -0.2) is 17.6 Å². The van der Waals surface area contributed by atoms with Gasteiger partial charge in [-0.1, -0.05) is 30.3 Å². The monoisotopic (exact) mass is 296 g/mol. The first kappa shape index (κ1) is 15.4. The Morgan fingerprint density at radius 2 is 1.59 bits per heavy atom. The lowest BCUT2D eigenvalue weighted by Crippen LogP contribution is -2.20. The fraction of sp³-hybridized carbons (Fsp3) is 0.118. The Hall–Kier alpha value is -2.95. The van der Waals surface area contributed by atoms with Crippen molar-refractivity contribution in [2.24, 2.45) is 5.10 Å². The first-order valence-corrected chi connectivity index (χ1v) is 6.75. The van der Waals surface area contributed by atoms with Crippen LogP contribution in [0.5, 0.6) is 5.75 Å². The van der Waals surface area contributed by atoms with Crippen LogP contribution in [0.3, 0.4) is 0 Å². The fourth-order valence-electron chi connectivity index (χ4n) is 1.70. The molecule has 0 bridgehead atoms. The van der Waals surface area contributed by atoms with Crippen molar-refractivity contribution in [3.05, 3.63) is 65.7 Å². The van der Waals surface area contributed by atoms with Crippen LogP contribution in [0.4, 0.5) is 0 Å². The van der Waals surface area contributed by atoms with Crippen LogP contribution in [-0.2, 0) is 0 Å². The number of hydrogen-bond donors (Lipinski definition) is 1. The summed E-state index contributed by atoms with van der Waals surface area (Å²) in [4.78, 5) is 24.2. The number of esters is 1. The van der Waals surface area contributed by atoms with Gasteiger partial charge in [0.05, 0.1) is 11.1 Å². The number of para-hydroxylation sites is 1. The van der Waals surface area contributed by atoms with Crippen molar-refractivity contribution in [2.45, 2.75) is 13.8 Å². The lowest BCUT2D eigenvalue weighted by atomic mass is 10.2. The average molecular weight is 296 g/mol. The quantitative estimate of drug-likeness (QED) is 0.408. The number of nitrogens with zero attached hydrogens (tertiary/aromatic N) is 1. The maximum absolute atomic E-state index is 12.1. The highest BCUT2D eigenvalue weighted by Crippen LogP contribution is 2.19. The van der Waals surface area contributed by atoms with E-state index in [4.69, 9.17) is 4.74 Å². The Morgan fingerprint density at radius 1 is 0.955 bits per heavy atom. The van der Waals surface area contributed by atoms with Gasteiger partial charge in [-0.15, -0.1) is 0 Å². The molecule has 0 aliphatic rings. The molecule has 0 aromatic heterocycles. The summed E-state index contributed by atoms with van der Waals surface area (Å²) in [5.41, 5.74) is 3.79. The zero-order valence-corrected chi connectivity index (χ0v) is 12.4. The van der Waals surface area contributed by atoms with Gasteiger partial charge in [0.2, 0.25) is 0 Å². The molecule has 0 unspecified atom stereocenters. The first-order chi connectivity index (χ1) is 10.6. The molecule has 1 N–H and O–H groups in total. The SMILES string of the molecule is CC(C)=NNC(=O)c1ccccc1OC(=O)c1ccccc1. The molecule has 0 atom stereocenters. The van der Waals surface area contributed by atoms with Gasteiger partial charge in [-0.25, -0.2) is 10.2 Å². The Morgan fingerprint density at radius 3 is 2.27 bits per heavy atom. The van der Waals surface area contributed by atoms with Crippen LogP contribution in [0.25, 0.3) is 0 Å². The zero-order chi connectivity index (χ0) is 15.9. The molecule has 0 radical (unpaired) electrons. The van der Waals surface area contributed by atoms with Crippen molar-refractivity contribution in [3.63, 3.8) is 0 Å². The van der Waals surface area contributed by atoms with E-state index < -0.39 is 11.9 Å². The third kappa shape index (κ3) is 4.02. The van der Waals surface area contributed by atoms with Crippen LogP contribution < -0.4 is 10.2 Å². The topological polar surface area (TPSA) is 67.8 Å². The molecule has 2 rings (SSSR count). The second kappa shape index (κ2) is 7.17. The highest BCUT2D eigenvalue weighted by Gasteiger charge is 2.15. The second-order valence-corrected chi connectivity index (χ2v) is 4.75. The van der Waals surface area contributed by atoms with Crippen molar-refractivity contribution < 1.29 is 14.3 Å². The summed E-state index contributed by atoms with van der Waals surface area (Å²) in [5.74, 6) is -0.758. The molecule has 0 spiro atoms. The molecule has 5 nitrogen and oxygen atoms in total. The van der Waals surface area contributed by atoms with Crippen molar-refractivity contribution in [1.82, 2.24) is 5.43 Å². The summed E-state index contributed by atoms with van der Waals surface area (Å²) < 4.78 is 5.31. The predicted molar refractivity (Wildman–Crippen MR) is 84.1 cm³/mol. The van der Waals surface area contributed by atoms with E-state index in [0.717, 1.165) is 0 Å². The van der Waals surface area contributed by atoms with Gasteiger partial charge in [0.25, 0.3) is 5.91 Å². The molecule has 112 valence electrons. The van der Waals surface area contributed by atoms with E-state index in [0.29, 0.717) is 11.3 Å². The largest absolute Gasteiger partial charge is 0.422 e. The normalized spacial score (nSPS) is 9.73. The fourth-order valence-corrected chi connectivity index (χ4v) is 1.70. The van der Waals surface area contributed by atoms with Crippen LogP contribution in [0, 0.1) is 0 Å². The highest BCUT2D eigenvalue weighted by atomic mass is 16.5. The van der Waals surface area contributed by atoms with Gasteiger partial charge in [-0.3, -0.25) is 4.79 Å². The minimum Gasteiger partial charge on any atom is -0.422 e. The maximum Gasteiger partial charge on any atom is 0.343 e. The molecule has 0 saturated heterocycles. The van der Waals surface area contributed by atoms with Gasteiger partial charge in [-0.2, -0.15) is 5.10 Å². The number of benzene rings is 2. The van der Waals surface area contributed by atoms with Crippen molar-refractivity contribution in [3.8, 4) is 5.75 Å². The van der Waals surface area contributed by atoms with Gasteiger partial charge in [-0.05, 0) is 38.1 Å². The minimum absolute atomic E-state index is 0.192. The highest BCUT2D eigenvalue weighted by molar-refractivity contribution is 5.99. The predicted octanol–water partition coefficient (Wildman–Crippen LogP) is 3.03. The first-order valence-electron chi connectivity index (χ1n) is 6.75. The van der Waals surface area contributed by atoms with Crippen LogP contribution >= 0.6 is 0 Å². The number of hydrogen-bond acceptors (Lipinski definition) is 4. The molecule has 0 fully saturated rings. The van der Waals surface area contributed by atoms with Crippen molar-refractivity contribution in [1.29, 1.82) is 0 Å². The lowest BCUT2D eigenvalue weighted by Gasteiger charge is -2.09. The molecule has 0 aliphatic heterocycles. The lowest BCUT2D eigenvalue weighted by molar-refractivity contribution is 0.0732. The number of carbonyl (C=O) groups is 2. The molecular formula is C17H16N2O3. The third-order valence-electron chi connectivity index (χ3n) is 2.72. The summed E-state index contributed by atoms with van der Waals surface area (Å²) in [6.07, 6.45) is 0. The Labute approximate surface area is 128 Å². The summed E-state index contributed by atoms with van der Waals surface area (Å²) in [6.45, 7) is 3.53. The van der Waals surface area contributed by atoms with Gasteiger partial charge in [0.1, 0.15) is 5.75 Å². The van der Waals surface area contributed by atoms with E-state index in [9.17, 15) is 9.59 Å². The number of hydrazone groups is 1. The Kier molecular flexibility index (Phi) is 5.03. The van der Waals surface area contributed by atoms with Crippen LogP contribution in [0.1, 0.15) is 34.6 Å². The summed E-state index contributed by atoms with van der Waals surface area (Å²) in [7, 11) is 0. The average Bonchev–Trinajstić information content (AvgIpc) is 2.54. The number of ether oxygens (including phenoxy) is 1. The molecule has 5 heteroatoms. The molecule has 2 aromatic rings. The van der Waals surface area contributed by atoms with E-state index in [-0.39, 0.29) is 11.3 Å². The molecule has 22 heavy (non-hydrogen) atoms. The number of amides is 1. The van der Waals surface area contributed by atoms with Gasteiger partial charge in [0.15, 0.2) is 0 Å². The summed E-state index contributed by atoms with van der Waals surface area (Å²) in [5, 5.41) is 3.86. The molecular weight excluding hydrogens is 280 g/mol. The standard InChI is InChI=1S/C17H16N2O3/c1-12(2)18-19-16(20)14-10-6-7-11-15(14)22-17(21)13-8-4-3-5-9-13/h3-11H,1-2H3,(H,19,20). The molecule has 0 heterocycles. The smallest absolute Gasteiger partial charge is 0.343 e. The summed E-state index contributed by atoms with van der Waals surface area (Å²) >= 11 is 0. The van der Waals surface area contributed by atoms with Crippen molar-refractivity contribution >= 4 is 17.6 Å². The van der Waals surface area contributed by atoms with Crippen LogP contribution in [0.15, 0.2) is 59.7 Å². The maximum atomic E-state index is 12.1. The molecule has 2 aromatic carbocycles. The van der Waals surface area contributed by atoms with Crippen LogP contribution in [0.2, 0.25) is 0 Å². The summed E-state index contributed by atoms with van der Waals surface area (Å²) in [6, 6.07) is 15.1. The van der Waals surface area contributed by atoms with Gasteiger partial charge in [0, 0.05) is 5.71 Å². The van der Waals surface area contributed by atoms with E-state index in [1.54, 1.807) is 62.4 Å². The minimum atomic E-state index is -0.518. The Bertz CT molecular complexity index is 705. The molecule has 1 amide bonds. The van der Waals surface area contributed by atoms with E-state index in [2.05, 4.69) is 10.5 Å². The van der Waals surface area contributed by atoms with E-state index in [1.807, 2.05) is 6.07 Å². The van der Waals surface area contributed by atoms with Gasteiger partial charge >= 0.3 is 5.97 Å². The number of rotatable bonds is 4. The Balaban J connectivity index is 2.20. The van der Waals surface area contributed by atoms with E-state index >= 15 is 0 Å². The van der Waals surface area contributed by atoms with E-state index in [1.165, 1.54) is 0 Å². The molecule has 0 aliphatic carbocycles. The third-order valence-corrected chi connectivity index (χ3v) is 2.72. The zero-order valence-electron chi connectivity index (χ0n) is 12.4. The number of carbonyl (C=O) groups excluding carboxylic acids is 2. The molecule has 0 saturated carbocycles. The van der Waals surface area contributed by atoms with Crippen molar-refractivity contribution in [2.75, 3.05) is 0 Å². The van der Waals surface area contributed by atoms with Gasteiger partial charge < -0.3 is 4.74 Å². The number of nitrogens with one attached hydrogen (secondary N) is 1.